The van der Waals surface area contributed by atoms with E-state index in [0.717, 1.165) is 31.6 Å². The van der Waals surface area contributed by atoms with Crippen molar-refractivity contribution in [1.82, 2.24) is 0 Å². The lowest BCUT2D eigenvalue weighted by Gasteiger charge is -2.26. The van der Waals surface area contributed by atoms with Crippen LogP contribution in [0.1, 0.15) is 32.6 Å². The highest BCUT2D eigenvalue weighted by Gasteiger charge is 2.49. The van der Waals surface area contributed by atoms with Crippen LogP contribution in [0, 0.1) is 11.8 Å². The molecule has 0 aromatic heterocycles. The van der Waals surface area contributed by atoms with Gasteiger partial charge in [0.15, 0.2) is 6.10 Å². The van der Waals surface area contributed by atoms with E-state index in [1.165, 1.54) is 0 Å². The molecule has 108 valence electrons. The van der Waals surface area contributed by atoms with Gasteiger partial charge in [0.2, 0.25) is 0 Å². The molecule has 3 fully saturated rings. The molecule has 0 amide bonds. The maximum Gasteiger partial charge on any atom is 0.309 e. The summed E-state index contributed by atoms with van der Waals surface area (Å²) in [5.74, 6) is 0.629. The molecule has 4 atom stereocenters. The number of esters is 1. The monoisotopic (exact) mass is 270 g/mol. The number of ether oxygens (including phenoxy) is 3. The Balaban J connectivity index is 1.53. The summed E-state index contributed by atoms with van der Waals surface area (Å²) in [6.07, 6.45) is 2.48. The molecule has 2 aliphatic heterocycles. The highest BCUT2D eigenvalue weighted by molar-refractivity contribution is 5.72. The molecule has 2 heterocycles. The van der Waals surface area contributed by atoms with Crippen LogP contribution in [-0.4, -0.2) is 48.7 Å². The second kappa shape index (κ2) is 5.38. The van der Waals surface area contributed by atoms with Crippen LogP contribution in [0.4, 0.5) is 0 Å². The molecule has 1 saturated carbocycles. The summed E-state index contributed by atoms with van der Waals surface area (Å²) in [5, 5.41) is 9.64. The zero-order valence-electron chi connectivity index (χ0n) is 11.3. The average Bonchev–Trinajstić information content (AvgIpc) is 2.95. The summed E-state index contributed by atoms with van der Waals surface area (Å²) < 4.78 is 16.5. The Morgan fingerprint density at radius 3 is 2.53 bits per heavy atom. The minimum absolute atomic E-state index is 0.0292. The summed E-state index contributed by atoms with van der Waals surface area (Å²) in [4.78, 5) is 12.1. The first kappa shape index (κ1) is 13.3. The van der Waals surface area contributed by atoms with Crippen LogP contribution < -0.4 is 0 Å². The molecule has 0 radical (unpaired) electrons. The molecule has 1 aliphatic carbocycles. The molecule has 2 saturated heterocycles. The molecule has 0 bridgehead atoms. The maximum absolute atomic E-state index is 12.1. The minimum atomic E-state index is -0.593. The van der Waals surface area contributed by atoms with Gasteiger partial charge in [-0.3, -0.25) is 4.79 Å². The van der Waals surface area contributed by atoms with Gasteiger partial charge in [-0.1, -0.05) is 6.92 Å². The van der Waals surface area contributed by atoms with Crippen molar-refractivity contribution >= 4 is 5.97 Å². The van der Waals surface area contributed by atoms with Gasteiger partial charge in [-0.05, 0) is 31.6 Å². The third-order valence-corrected chi connectivity index (χ3v) is 4.60. The van der Waals surface area contributed by atoms with E-state index in [1.807, 2.05) is 0 Å². The summed E-state index contributed by atoms with van der Waals surface area (Å²) in [6.45, 7) is 2.83. The van der Waals surface area contributed by atoms with Crippen LogP contribution in [0.5, 0.6) is 0 Å². The van der Waals surface area contributed by atoms with Crippen molar-refractivity contribution in [2.24, 2.45) is 11.8 Å². The fourth-order valence-electron chi connectivity index (χ4n) is 3.29. The van der Waals surface area contributed by atoms with Crippen molar-refractivity contribution < 1.29 is 24.1 Å². The highest BCUT2D eigenvalue weighted by Crippen LogP contribution is 2.32. The van der Waals surface area contributed by atoms with Gasteiger partial charge in [0, 0.05) is 0 Å². The first-order valence-electron chi connectivity index (χ1n) is 7.27. The average molecular weight is 270 g/mol. The van der Waals surface area contributed by atoms with Gasteiger partial charge in [0.25, 0.3) is 0 Å². The van der Waals surface area contributed by atoms with Crippen molar-refractivity contribution in [3.8, 4) is 0 Å². The Labute approximate surface area is 113 Å². The van der Waals surface area contributed by atoms with E-state index in [4.69, 9.17) is 14.2 Å². The van der Waals surface area contributed by atoms with Crippen LogP contribution in [0.15, 0.2) is 0 Å². The zero-order chi connectivity index (χ0) is 13.4. The Hall–Kier alpha value is -0.650. The number of carbonyl (C=O) groups excluding carboxylic acids is 1. The van der Waals surface area contributed by atoms with Crippen molar-refractivity contribution in [3.05, 3.63) is 0 Å². The SMILES string of the molecule is CC1CCC(C(=O)OC2CO[C@H]3[C@@H]2OC[C@@H]3O)CC1. The van der Waals surface area contributed by atoms with Gasteiger partial charge in [0.1, 0.15) is 18.3 Å². The second-order valence-corrected chi connectivity index (χ2v) is 6.10. The third kappa shape index (κ3) is 2.64. The van der Waals surface area contributed by atoms with Crippen LogP contribution in [0.2, 0.25) is 0 Å². The quantitative estimate of drug-likeness (QED) is 0.755. The number of hydrogen-bond donors (Lipinski definition) is 1. The summed E-state index contributed by atoms with van der Waals surface area (Å²) in [6, 6.07) is 0. The molecule has 0 aromatic rings. The van der Waals surface area contributed by atoms with Crippen molar-refractivity contribution in [3.63, 3.8) is 0 Å². The maximum atomic E-state index is 12.1. The fraction of sp³-hybridized carbons (Fsp3) is 0.929. The molecule has 0 spiro atoms. The normalized spacial score (nSPS) is 46.0. The predicted octanol–water partition coefficient (Wildman–Crippen LogP) is 0.883. The Morgan fingerprint density at radius 2 is 1.79 bits per heavy atom. The van der Waals surface area contributed by atoms with E-state index >= 15 is 0 Å². The lowest BCUT2D eigenvalue weighted by Crippen LogP contribution is -2.36. The molecule has 5 nitrogen and oxygen atoms in total. The third-order valence-electron chi connectivity index (χ3n) is 4.60. The first-order chi connectivity index (χ1) is 9.15. The molecule has 5 heteroatoms. The Morgan fingerprint density at radius 1 is 1.11 bits per heavy atom. The summed E-state index contributed by atoms with van der Waals surface area (Å²) in [7, 11) is 0. The van der Waals surface area contributed by atoms with E-state index in [2.05, 4.69) is 6.92 Å². The fourth-order valence-corrected chi connectivity index (χ4v) is 3.29. The molecule has 1 unspecified atom stereocenters. The lowest BCUT2D eigenvalue weighted by molar-refractivity contribution is -0.160. The zero-order valence-corrected chi connectivity index (χ0v) is 11.3. The number of fused-ring (bicyclic) bond motifs is 1. The molecule has 19 heavy (non-hydrogen) atoms. The standard InChI is InChI=1S/C14H22O5/c1-8-2-4-9(5-3-8)14(16)19-11-7-18-12-10(15)6-17-13(11)12/h8-13,15H,2-7H2,1H3/t8?,9?,10-,11?,12+,13+/m0/s1. The number of aliphatic hydroxyl groups is 1. The van der Waals surface area contributed by atoms with E-state index in [1.54, 1.807) is 0 Å². The van der Waals surface area contributed by atoms with Crippen molar-refractivity contribution in [2.45, 2.75) is 57.0 Å². The first-order valence-corrected chi connectivity index (χ1v) is 7.27. The van der Waals surface area contributed by atoms with E-state index in [9.17, 15) is 9.90 Å². The van der Waals surface area contributed by atoms with E-state index < -0.39 is 6.10 Å². The van der Waals surface area contributed by atoms with E-state index in [-0.39, 0.29) is 36.8 Å². The Kier molecular flexibility index (Phi) is 3.78. The minimum Gasteiger partial charge on any atom is -0.457 e. The topological polar surface area (TPSA) is 65.0 Å². The number of rotatable bonds is 2. The summed E-state index contributed by atoms with van der Waals surface area (Å²) in [5.41, 5.74) is 0. The predicted molar refractivity (Wildman–Crippen MR) is 66.5 cm³/mol. The van der Waals surface area contributed by atoms with Gasteiger partial charge in [0.05, 0.1) is 19.1 Å². The van der Waals surface area contributed by atoms with Crippen molar-refractivity contribution in [2.75, 3.05) is 13.2 Å². The summed E-state index contributed by atoms with van der Waals surface area (Å²) >= 11 is 0. The molecule has 0 aromatic carbocycles. The van der Waals surface area contributed by atoms with E-state index in [0.29, 0.717) is 6.61 Å². The molecular formula is C14H22O5. The largest absolute Gasteiger partial charge is 0.457 e. The van der Waals surface area contributed by atoms with Gasteiger partial charge >= 0.3 is 5.97 Å². The number of hydrogen-bond acceptors (Lipinski definition) is 5. The lowest BCUT2D eigenvalue weighted by atomic mass is 9.83. The van der Waals surface area contributed by atoms with Crippen LogP contribution >= 0.6 is 0 Å². The van der Waals surface area contributed by atoms with Crippen LogP contribution in [0.25, 0.3) is 0 Å². The molecule has 3 rings (SSSR count). The van der Waals surface area contributed by atoms with Gasteiger partial charge < -0.3 is 19.3 Å². The molecule has 1 N–H and O–H groups in total. The molecule has 3 aliphatic rings. The van der Waals surface area contributed by atoms with Gasteiger partial charge in [-0.15, -0.1) is 0 Å². The van der Waals surface area contributed by atoms with Crippen LogP contribution in [-0.2, 0) is 19.0 Å². The number of carbonyl (C=O) groups is 1. The Bertz CT molecular complexity index is 337. The number of aliphatic hydroxyl groups excluding tert-OH is 1. The molecular weight excluding hydrogens is 248 g/mol. The highest BCUT2D eigenvalue weighted by atomic mass is 16.6. The van der Waals surface area contributed by atoms with Crippen LogP contribution in [0.3, 0.4) is 0 Å². The van der Waals surface area contributed by atoms with Gasteiger partial charge in [-0.25, -0.2) is 0 Å². The second-order valence-electron chi connectivity index (χ2n) is 6.10. The van der Waals surface area contributed by atoms with Gasteiger partial charge in [-0.2, -0.15) is 0 Å². The van der Waals surface area contributed by atoms with Crippen molar-refractivity contribution in [1.29, 1.82) is 0 Å². The smallest absolute Gasteiger partial charge is 0.309 e.